The van der Waals surface area contributed by atoms with Gasteiger partial charge in [0.1, 0.15) is 17.9 Å². The summed E-state index contributed by atoms with van der Waals surface area (Å²) in [4.78, 5) is 20.9. The van der Waals surface area contributed by atoms with Gasteiger partial charge in [-0.2, -0.15) is 5.26 Å². The molecular formula is C20H21ClN4O2. The van der Waals surface area contributed by atoms with Crippen molar-refractivity contribution in [2.24, 2.45) is 0 Å². The first-order valence-corrected chi connectivity index (χ1v) is 9.05. The Morgan fingerprint density at radius 1 is 1.41 bits per heavy atom. The molecule has 1 aromatic heterocycles. The number of anilines is 2. The molecule has 6 nitrogen and oxygen atoms in total. The van der Waals surface area contributed by atoms with Crippen molar-refractivity contribution in [1.29, 1.82) is 5.26 Å². The Balaban J connectivity index is 1.98. The Kier molecular flexibility index (Phi) is 5.36. The lowest BCUT2D eigenvalue weighted by molar-refractivity contribution is -0.119. The number of aryl methyl sites for hydroxylation is 2. The van der Waals surface area contributed by atoms with Crippen molar-refractivity contribution in [3.8, 4) is 6.07 Å². The minimum absolute atomic E-state index is 0.182. The zero-order chi connectivity index (χ0) is 19.7. The van der Waals surface area contributed by atoms with Crippen molar-refractivity contribution in [2.75, 3.05) is 23.4 Å². The van der Waals surface area contributed by atoms with Gasteiger partial charge in [0.2, 0.25) is 5.91 Å². The fourth-order valence-electron chi connectivity index (χ4n) is 3.48. The van der Waals surface area contributed by atoms with Crippen LogP contribution in [0.4, 0.5) is 11.5 Å². The molecule has 0 radical (unpaired) electrons. The molecule has 140 valence electrons. The Labute approximate surface area is 163 Å². The molecule has 0 bridgehead atoms. The van der Waals surface area contributed by atoms with E-state index in [-0.39, 0.29) is 18.9 Å². The van der Waals surface area contributed by atoms with E-state index < -0.39 is 12.1 Å². The summed E-state index contributed by atoms with van der Waals surface area (Å²) in [5.74, 6) is 0.267. The van der Waals surface area contributed by atoms with Crippen molar-refractivity contribution < 1.29 is 9.90 Å². The molecule has 2 heterocycles. The molecule has 1 aliphatic rings. The number of β-amino-alcohol motifs (C(OH)–C–C–N with tert-alkyl or cyclic N) is 1. The van der Waals surface area contributed by atoms with Gasteiger partial charge in [-0.3, -0.25) is 4.79 Å². The summed E-state index contributed by atoms with van der Waals surface area (Å²) >= 11 is 6.04. The van der Waals surface area contributed by atoms with Crippen molar-refractivity contribution in [3.63, 3.8) is 0 Å². The maximum atomic E-state index is 13.2. The molecule has 0 aliphatic carbocycles. The highest BCUT2D eigenvalue weighted by molar-refractivity contribution is 6.30. The van der Waals surface area contributed by atoms with Crippen LogP contribution in [0, 0.1) is 25.2 Å². The van der Waals surface area contributed by atoms with Crippen LogP contribution in [0.15, 0.2) is 30.3 Å². The first kappa shape index (κ1) is 19.2. The number of benzene rings is 1. The summed E-state index contributed by atoms with van der Waals surface area (Å²) in [6.07, 6.45) is -0.385. The second-order valence-electron chi connectivity index (χ2n) is 6.83. The number of nitrogens with zero attached hydrogens (tertiary/aromatic N) is 4. The Bertz CT molecular complexity index is 925. The number of carbonyl (C=O) groups excluding carboxylic acids is 1. The number of rotatable bonds is 3. The van der Waals surface area contributed by atoms with Gasteiger partial charge in [0.05, 0.1) is 11.7 Å². The zero-order valence-corrected chi connectivity index (χ0v) is 16.2. The van der Waals surface area contributed by atoms with Crippen LogP contribution in [-0.4, -0.2) is 41.7 Å². The standard InChI is InChI=1S/C20H21ClN4O2/c1-12-7-13(2)23-19(17(12)10-22)25-11-16(26)9-18(25)20(27)24(3)15-6-4-5-14(21)8-15/h4-8,16,18,26H,9,11H2,1-3H3. The largest absolute Gasteiger partial charge is 0.391 e. The molecule has 2 atom stereocenters. The molecule has 7 heteroatoms. The molecule has 3 rings (SSSR count). The molecule has 0 spiro atoms. The molecule has 1 saturated heterocycles. The minimum Gasteiger partial charge on any atom is -0.391 e. The highest BCUT2D eigenvalue weighted by atomic mass is 35.5. The summed E-state index contributed by atoms with van der Waals surface area (Å²) in [6.45, 7) is 3.95. The number of aliphatic hydroxyl groups excluding tert-OH is 1. The van der Waals surface area contributed by atoms with Crippen molar-refractivity contribution in [2.45, 2.75) is 32.4 Å². The fraction of sp³-hybridized carbons (Fsp3) is 0.350. The van der Waals surface area contributed by atoms with Gasteiger partial charge in [0.25, 0.3) is 0 Å². The van der Waals surface area contributed by atoms with Gasteiger partial charge < -0.3 is 14.9 Å². The van der Waals surface area contributed by atoms with Gasteiger partial charge in [0, 0.05) is 36.4 Å². The molecule has 1 fully saturated rings. The average Bonchev–Trinajstić information content (AvgIpc) is 3.01. The van der Waals surface area contributed by atoms with E-state index in [1.54, 1.807) is 36.2 Å². The van der Waals surface area contributed by atoms with Crippen molar-refractivity contribution in [1.82, 2.24) is 4.98 Å². The summed E-state index contributed by atoms with van der Waals surface area (Å²) < 4.78 is 0. The Morgan fingerprint density at radius 3 is 2.81 bits per heavy atom. The van der Waals surface area contributed by atoms with Crippen LogP contribution < -0.4 is 9.80 Å². The number of hydrogen-bond donors (Lipinski definition) is 1. The van der Waals surface area contributed by atoms with Crippen LogP contribution in [0.2, 0.25) is 5.02 Å². The first-order valence-electron chi connectivity index (χ1n) is 8.68. The number of amides is 1. The van der Waals surface area contributed by atoms with E-state index in [4.69, 9.17) is 11.6 Å². The topological polar surface area (TPSA) is 80.5 Å². The summed E-state index contributed by atoms with van der Waals surface area (Å²) in [6, 6.07) is 10.5. The molecular weight excluding hydrogens is 364 g/mol. The second-order valence-corrected chi connectivity index (χ2v) is 7.26. The van der Waals surface area contributed by atoms with E-state index in [1.807, 2.05) is 19.9 Å². The predicted molar refractivity (Wildman–Crippen MR) is 105 cm³/mol. The van der Waals surface area contributed by atoms with Crippen molar-refractivity contribution >= 4 is 29.0 Å². The lowest BCUT2D eigenvalue weighted by Crippen LogP contribution is -2.45. The zero-order valence-electron chi connectivity index (χ0n) is 15.5. The lowest BCUT2D eigenvalue weighted by atomic mass is 10.1. The smallest absolute Gasteiger partial charge is 0.249 e. The van der Waals surface area contributed by atoms with E-state index in [0.717, 1.165) is 11.3 Å². The predicted octanol–water partition coefficient (Wildman–Crippen LogP) is 2.83. The third-order valence-electron chi connectivity index (χ3n) is 4.80. The molecule has 0 saturated carbocycles. The third-order valence-corrected chi connectivity index (χ3v) is 5.03. The fourth-order valence-corrected chi connectivity index (χ4v) is 3.67. The number of carbonyl (C=O) groups is 1. The molecule has 1 aliphatic heterocycles. The quantitative estimate of drug-likeness (QED) is 0.880. The summed E-state index contributed by atoms with van der Waals surface area (Å²) in [5.41, 5.74) is 2.66. The SMILES string of the molecule is Cc1cc(C)c(C#N)c(N2CC(O)CC2C(=O)N(C)c2cccc(Cl)c2)n1. The second kappa shape index (κ2) is 7.55. The third kappa shape index (κ3) is 3.75. The molecule has 2 aromatic rings. The number of aliphatic hydroxyl groups is 1. The molecule has 1 aromatic carbocycles. The number of likely N-dealkylation sites (N-methyl/N-ethyl adjacent to an activating group) is 1. The first-order chi connectivity index (χ1) is 12.8. The highest BCUT2D eigenvalue weighted by Gasteiger charge is 2.39. The van der Waals surface area contributed by atoms with Crippen LogP contribution in [-0.2, 0) is 4.79 Å². The minimum atomic E-state index is -0.666. The summed E-state index contributed by atoms with van der Waals surface area (Å²) in [5, 5.41) is 20.3. The van der Waals surface area contributed by atoms with Gasteiger partial charge in [-0.05, 0) is 43.7 Å². The van der Waals surface area contributed by atoms with Crippen molar-refractivity contribution in [3.05, 3.63) is 52.2 Å². The molecule has 1 N–H and O–H groups in total. The number of hydrogen-bond acceptors (Lipinski definition) is 5. The van der Waals surface area contributed by atoms with E-state index in [2.05, 4.69) is 11.1 Å². The van der Waals surface area contributed by atoms with E-state index in [0.29, 0.717) is 22.1 Å². The van der Waals surface area contributed by atoms with E-state index in [9.17, 15) is 15.2 Å². The van der Waals surface area contributed by atoms with Crippen LogP contribution in [0.3, 0.4) is 0 Å². The van der Waals surface area contributed by atoms with E-state index in [1.165, 1.54) is 4.90 Å². The van der Waals surface area contributed by atoms with Gasteiger partial charge in [0.15, 0.2) is 0 Å². The number of nitriles is 1. The average molecular weight is 385 g/mol. The number of halogens is 1. The van der Waals surface area contributed by atoms with Gasteiger partial charge in [-0.15, -0.1) is 0 Å². The Morgan fingerprint density at radius 2 is 2.15 bits per heavy atom. The van der Waals surface area contributed by atoms with E-state index >= 15 is 0 Å². The van der Waals surface area contributed by atoms with Crippen LogP contribution >= 0.6 is 11.6 Å². The molecule has 27 heavy (non-hydrogen) atoms. The number of pyridine rings is 1. The number of aromatic nitrogens is 1. The monoisotopic (exact) mass is 384 g/mol. The maximum Gasteiger partial charge on any atom is 0.249 e. The summed E-state index contributed by atoms with van der Waals surface area (Å²) in [7, 11) is 1.68. The van der Waals surface area contributed by atoms with Crippen LogP contribution in [0.25, 0.3) is 0 Å². The normalized spacial score (nSPS) is 19.0. The lowest BCUT2D eigenvalue weighted by Gasteiger charge is -2.29. The van der Waals surface area contributed by atoms with Crippen LogP contribution in [0.1, 0.15) is 23.2 Å². The molecule has 2 unspecified atom stereocenters. The van der Waals surface area contributed by atoms with Crippen LogP contribution in [0.5, 0.6) is 0 Å². The molecule has 1 amide bonds. The van der Waals surface area contributed by atoms with Gasteiger partial charge in [-0.25, -0.2) is 4.98 Å². The van der Waals surface area contributed by atoms with Gasteiger partial charge in [-0.1, -0.05) is 17.7 Å². The van der Waals surface area contributed by atoms with Gasteiger partial charge >= 0.3 is 0 Å². The maximum absolute atomic E-state index is 13.2. The highest BCUT2D eigenvalue weighted by Crippen LogP contribution is 2.31. The Hall–Kier alpha value is -2.62.